The Hall–Kier alpha value is -3.65. The number of amides is 2. The SMILES string of the molecule is CCNC(=O)[C@@H](Cc1ccccc1)N(Cc1ccccc1)C(=O)CN(c1ccc(C(C)(C)C)cc1)S(C)(=O)=O. The van der Waals surface area contributed by atoms with E-state index in [1.54, 1.807) is 12.1 Å². The van der Waals surface area contributed by atoms with Gasteiger partial charge in [0.05, 0.1) is 11.9 Å². The second-order valence-electron chi connectivity index (χ2n) is 10.7. The van der Waals surface area contributed by atoms with E-state index >= 15 is 0 Å². The summed E-state index contributed by atoms with van der Waals surface area (Å²) in [6.45, 7) is 8.21. The van der Waals surface area contributed by atoms with Crippen molar-refractivity contribution in [2.45, 2.75) is 52.1 Å². The van der Waals surface area contributed by atoms with Crippen LogP contribution in [0.4, 0.5) is 5.69 Å². The summed E-state index contributed by atoms with van der Waals surface area (Å²) in [6, 6.07) is 25.3. The number of carbonyl (C=O) groups is 2. The van der Waals surface area contributed by atoms with E-state index in [1.807, 2.05) is 79.7 Å². The molecule has 8 heteroatoms. The van der Waals surface area contributed by atoms with Crippen LogP contribution >= 0.6 is 0 Å². The van der Waals surface area contributed by atoms with Gasteiger partial charge in [0.1, 0.15) is 12.6 Å². The first-order chi connectivity index (χ1) is 18.4. The van der Waals surface area contributed by atoms with E-state index in [2.05, 4.69) is 26.1 Å². The Labute approximate surface area is 232 Å². The molecule has 0 unspecified atom stereocenters. The molecule has 0 fully saturated rings. The number of benzene rings is 3. The highest BCUT2D eigenvalue weighted by molar-refractivity contribution is 7.92. The summed E-state index contributed by atoms with van der Waals surface area (Å²) in [5.74, 6) is -0.748. The Kier molecular flexibility index (Phi) is 9.92. The molecule has 0 saturated heterocycles. The van der Waals surface area contributed by atoms with Gasteiger partial charge in [-0.1, -0.05) is 93.6 Å². The number of nitrogens with zero attached hydrogens (tertiary/aromatic N) is 2. The Morgan fingerprint density at radius 1 is 0.846 bits per heavy atom. The molecule has 39 heavy (non-hydrogen) atoms. The summed E-state index contributed by atoms with van der Waals surface area (Å²) in [6.07, 6.45) is 1.38. The maximum Gasteiger partial charge on any atom is 0.244 e. The van der Waals surface area contributed by atoms with Crippen molar-refractivity contribution >= 4 is 27.5 Å². The lowest BCUT2D eigenvalue weighted by atomic mass is 9.87. The minimum absolute atomic E-state index is 0.103. The molecule has 3 aromatic rings. The highest BCUT2D eigenvalue weighted by Crippen LogP contribution is 2.26. The largest absolute Gasteiger partial charge is 0.355 e. The van der Waals surface area contributed by atoms with E-state index in [1.165, 1.54) is 4.90 Å². The van der Waals surface area contributed by atoms with E-state index in [-0.39, 0.29) is 17.9 Å². The number of likely N-dealkylation sites (N-methyl/N-ethyl adjacent to an activating group) is 1. The van der Waals surface area contributed by atoms with Crippen LogP contribution in [0.1, 0.15) is 44.4 Å². The Morgan fingerprint density at radius 2 is 1.38 bits per heavy atom. The Bertz CT molecular complexity index is 1340. The third kappa shape index (κ3) is 8.42. The van der Waals surface area contributed by atoms with Gasteiger partial charge in [-0.15, -0.1) is 0 Å². The van der Waals surface area contributed by atoms with Crippen molar-refractivity contribution in [3.63, 3.8) is 0 Å². The van der Waals surface area contributed by atoms with Gasteiger partial charge < -0.3 is 10.2 Å². The summed E-state index contributed by atoms with van der Waals surface area (Å²) >= 11 is 0. The maximum absolute atomic E-state index is 14.0. The molecule has 0 bridgehead atoms. The van der Waals surface area contributed by atoms with Crippen LogP contribution in [0.5, 0.6) is 0 Å². The molecule has 0 heterocycles. The molecule has 0 spiro atoms. The molecule has 0 aliphatic rings. The van der Waals surface area contributed by atoms with Crippen molar-refractivity contribution in [1.29, 1.82) is 0 Å². The molecule has 208 valence electrons. The van der Waals surface area contributed by atoms with Crippen LogP contribution in [0.25, 0.3) is 0 Å². The van der Waals surface area contributed by atoms with Crippen molar-refractivity contribution in [2.75, 3.05) is 23.7 Å². The first-order valence-electron chi connectivity index (χ1n) is 13.1. The third-order valence-electron chi connectivity index (χ3n) is 6.52. The minimum atomic E-state index is -3.80. The van der Waals surface area contributed by atoms with Gasteiger partial charge in [-0.05, 0) is 41.2 Å². The average Bonchev–Trinajstić information content (AvgIpc) is 2.89. The first kappa shape index (κ1) is 29.9. The Balaban J connectivity index is 2.01. The zero-order valence-corrected chi connectivity index (χ0v) is 24.2. The van der Waals surface area contributed by atoms with E-state index in [4.69, 9.17) is 0 Å². The minimum Gasteiger partial charge on any atom is -0.355 e. The van der Waals surface area contributed by atoms with Crippen molar-refractivity contribution in [2.24, 2.45) is 0 Å². The average molecular weight is 550 g/mol. The lowest BCUT2D eigenvalue weighted by Crippen LogP contribution is -2.53. The molecule has 0 aromatic heterocycles. The molecular weight excluding hydrogens is 510 g/mol. The van der Waals surface area contributed by atoms with Gasteiger partial charge in [0.25, 0.3) is 0 Å². The predicted octanol–water partition coefficient (Wildman–Crippen LogP) is 4.53. The molecule has 0 aliphatic carbocycles. The predicted molar refractivity (Wildman–Crippen MR) is 157 cm³/mol. The second-order valence-corrected chi connectivity index (χ2v) is 12.6. The fourth-order valence-electron chi connectivity index (χ4n) is 4.37. The number of hydrogen-bond donors (Lipinski definition) is 1. The van der Waals surface area contributed by atoms with Gasteiger partial charge in [0, 0.05) is 19.5 Å². The van der Waals surface area contributed by atoms with Gasteiger partial charge in [-0.2, -0.15) is 0 Å². The number of carbonyl (C=O) groups excluding carboxylic acids is 2. The molecule has 7 nitrogen and oxygen atoms in total. The molecule has 1 atom stereocenters. The number of sulfonamides is 1. The smallest absolute Gasteiger partial charge is 0.244 e. The summed E-state index contributed by atoms with van der Waals surface area (Å²) in [7, 11) is -3.80. The Morgan fingerprint density at radius 3 is 1.87 bits per heavy atom. The van der Waals surface area contributed by atoms with Crippen LogP contribution in [-0.4, -0.2) is 50.5 Å². The summed E-state index contributed by atoms with van der Waals surface area (Å²) in [5, 5.41) is 2.86. The van der Waals surface area contributed by atoms with E-state index in [0.29, 0.717) is 18.7 Å². The number of anilines is 1. The highest BCUT2D eigenvalue weighted by atomic mass is 32.2. The fraction of sp³-hybridized carbons (Fsp3) is 0.355. The van der Waals surface area contributed by atoms with Crippen molar-refractivity contribution in [3.8, 4) is 0 Å². The molecular formula is C31H39N3O4S. The normalized spacial score (nSPS) is 12.4. The zero-order chi connectivity index (χ0) is 28.6. The van der Waals surface area contributed by atoms with Gasteiger partial charge in [-0.25, -0.2) is 8.42 Å². The second kappa shape index (κ2) is 12.9. The molecule has 0 radical (unpaired) electrons. The third-order valence-corrected chi connectivity index (χ3v) is 7.66. The number of rotatable bonds is 11. The molecule has 1 N–H and O–H groups in total. The van der Waals surface area contributed by atoms with Gasteiger partial charge in [-0.3, -0.25) is 13.9 Å². The lowest BCUT2D eigenvalue weighted by molar-refractivity contribution is -0.140. The molecule has 3 rings (SSSR count). The van der Waals surface area contributed by atoms with Crippen LogP contribution in [0.2, 0.25) is 0 Å². The van der Waals surface area contributed by atoms with Gasteiger partial charge in [0.2, 0.25) is 21.8 Å². The maximum atomic E-state index is 14.0. The summed E-state index contributed by atoms with van der Waals surface area (Å²) in [4.78, 5) is 28.8. The first-order valence-corrected chi connectivity index (χ1v) is 15.0. The van der Waals surface area contributed by atoms with Crippen molar-refractivity contribution < 1.29 is 18.0 Å². The summed E-state index contributed by atoms with van der Waals surface area (Å²) in [5.41, 5.74) is 3.09. The molecule has 0 aliphatic heterocycles. The molecule has 0 saturated carbocycles. The van der Waals surface area contributed by atoms with Gasteiger partial charge in [0.15, 0.2) is 0 Å². The van der Waals surface area contributed by atoms with Gasteiger partial charge >= 0.3 is 0 Å². The highest BCUT2D eigenvalue weighted by Gasteiger charge is 2.33. The standard InChI is InChI=1S/C31H39N3O4S/c1-6-32-30(36)28(21-24-13-9-7-10-14-24)33(22-25-15-11-8-12-16-25)29(35)23-34(39(5,37)38)27-19-17-26(18-20-27)31(2,3)4/h7-20,28H,6,21-23H2,1-5H3,(H,32,36)/t28-/m1/s1. The zero-order valence-electron chi connectivity index (χ0n) is 23.4. The number of hydrogen-bond acceptors (Lipinski definition) is 4. The van der Waals surface area contributed by atoms with E-state index in [0.717, 1.165) is 27.3 Å². The number of nitrogens with one attached hydrogen (secondary N) is 1. The van der Waals surface area contributed by atoms with Crippen molar-refractivity contribution in [1.82, 2.24) is 10.2 Å². The van der Waals surface area contributed by atoms with Crippen molar-refractivity contribution in [3.05, 3.63) is 102 Å². The van der Waals surface area contributed by atoms with E-state index in [9.17, 15) is 18.0 Å². The fourth-order valence-corrected chi connectivity index (χ4v) is 5.22. The van der Waals surface area contributed by atoms with E-state index < -0.39 is 28.5 Å². The van der Waals surface area contributed by atoms with Crippen LogP contribution in [-0.2, 0) is 38.0 Å². The quantitative estimate of drug-likeness (QED) is 0.381. The monoisotopic (exact) mass is 549 g/mol. The lowest BCUT2D eigenvalue weighted by Gasteiger charge is -2.33. The molecule has 3 aromatic carbocycles. The van der Waals surface area contributed by atoms with Crippen LogP contribution < -0.4 is 9.62 Å². The van der Waals surface area contributed by atoms with Crippen LogP contribution in [0.15, 0.2) is 84.9 Å². The molecule has 2 amide bonds. The summed E-state index contributed by atoms with van der Waals surface area (Å²) < 4.78 is 26.9. The van der Waals surface area contributed by atoms with Crippen LogP contribution in [0, 0.1) is 0 Å². The topological polar surface area (TPSA) is 86.8 Å². The van der Waals surface area contributed by atoms with Crippen LogP contribution in [0.3, 0.4) is 0 Å².